The van der Waals surface area contributed by atoms with Gasteiger partial charge in [0.15, 0.2) is 0 Å². The molecule has 0 bridgehead atoms. The van der Waals surface area contributed by atoms with Crippen LogP contribution in [0.25, 0.3) is 0 Å². The van der Waals surface area contributed by atoms with E-state index in [0.717, 1.165) is 24.0 Å². The summed E-state index contributed by atoms with van der Waals surface area (Å²) in [5.74, 6) is -0.593. The number of primary amides is 1. The standard InChI is InChI=1S/C13H17FN2O2/c14-11-3-1-2-10-9(11)4-5-12(10)16-6-7-18-8-13(15)17/h1-3,12,16H,4-8H2,(H2,15,17). The van der Waals surface area contributed by atoms with E-state index in [0.29, 0.717) is 13.2 Å². The molecule has 1 aliphatic rings. The highest BCUT2D eigenvalue weighted by atomic mass is 19.1. The first-order valence-electron chi connectivity index (χ1n) is 6.05. The van der Waals surface area contributed by atoms with Gasteiger partial charge < -0.3 is 15.8 Å². The molecule has 2 rings (SSSR count). The Morgan fingerprint density at radius 1 is 1.56 bits per heavy atom. The highest BCUT2D eigenvalue weighted by Crippen LogP contribution is 2.32. The number of halogens is 1. The molecule has 1 aromatic rings. The lowest BCUT2D eigenvalue weighted by Crippen LogP contribution is -2.26. The summed E-state index contributed by atoms with van der Waals surface area (Å²) >= 11 is 0. The maximum absolute atomic E-state index is 13.5. The highest BCUT2D eigenvalue weighted by molar-refractivity contribution is 5.74. The van der Waals surface area contributed by atoms with Crippen molar-refractivity contribution >= 4 is 5.91 Å². The predicted molar refractivity (Wildman–Crippen MR) is 65.5 cm³/mol. The van der Waals surface area contributed by atoms with Crippen LogP contribution >= 0.6 is 0 Å². The lowest BCUT2D eigenvalue weighted by atomic mass is 10.1. The van der Waals surface area contributed by atoms with Crippen LogP contribution < -0.4 is 11.1 Å². The average molecular weight is 252 g/mol. The quantitative estimate of drug-likeness (QED) is 0.739. The van der Waals surface area contributed by atoms with Crippen LogP contribution in [-0.2, 0) is 16.0 Å². The Balaban J connectivity index is 1.80. The number of rotatable bonds is 6. The van der Waals surface area contributed by atoms with Crippen molar-refractivity contribution in [3.05, 3.63) is 35.1 Å². The van der Waals surface area contributed by atoms with Gasteiger partial charge >= 0.3 is 0 Å². The van der Waals surface area contributed by atoms with E-state index in [9.17, 15) is 9.18 Å². The van der Waals surface area contributed by atoms with Gasteiger partial charge in [-0.15, -0.1) is 0 Å². The summed E-state index contributed by atoms with van der Waals surface area (Å²) < 4.78 is 18.5. The van der Waals surface area contributed by atoms with Gasteiger partial charge in [0, 0.05) is 12.6 Å². The molecule has 0 saturated carbocycles. The summed E-state index contributed by atoms with van der Waals surface area (Å²) in [4.78, 5) is 10.5. The van der Waals surface area contributed by atoms with Crippen molar-refractivity contribution in [3.63, 3.8) is 0 Å². The van der Waals surface area contributed by atoms with Gasteiger partial charge in [0.05, 0.1) is 6.61 Å². The molecule has 0 radical (unpaired) electrons. The minimum Gasteiger partial charge on any atom is -0.370 e. The zero-order valence-electron chi connectivity index (χ0n) is 10.1. The number of carbonyl (C=O) groups is 1. The molecule has 98 valence electrons. The van der Waals surface area contributed by atoms with Crippen molar-refractivity contribution in [2.75, 3.05) is 19.8 Å². The maximum Gasteiger partial charge on any atom is 0.243 e. The molecule has 3 N–H and O–H groups in total. The van der Waals surface area contributed by atoms with Crippen LogP contribution in [0.5, 0.6) is 0 Å². The van der Waals surface area contributed by atoms with Crippen LogP contribution in [-0.4, -0.2) is 25.7 Å². The zero-order chi connectivity index (χ0) is 13.0. The zero-order valence-corrected chi connectivity index (χ0v) is 10.1. The number of ether oxygens (including phenoxy) is 1. The molecule has 1 atom stereocenters. The lowest BCUT2D eigenvalue weighted by molar-refractivity contribution is -0.122. The number of fused-ring (bicyclic) bond motifs is 1. The Morgan fingerprint density at radius 3 is 3.17 bits per heavy atom. The molecule has 0 fully saturated rings. The number of benzene rings is 1. The van der Waals surface area contributed by atoms with Gasteiger partial charge in [-0.05, 0) is 30.0 Å². The first kappa shape index (κ1) is 13.0. The third-order valence-electron chi connectivity index (χ3n) is 3.09. The van der Waals surface area contributed by atoms with Crippen LogP contribution in [0.2, 0.25) is 0 Å². The van der Waals surface area contributed by atoms with E-state index in [2.05, 4.69) is 5.32 Å². The molecule has 18 heavy (non-hydrogen) atoms. The Kier molecular flexibility index (Phi) is 4.28. The number of hydrogen-bond donors (Lipinski definition) is 2. The number of nitrogens with one attached hydrogen (secondary N) is 1. The van der Waals surface area contributed by atoms with Crippen LogP contribution in [0.4, 0.5) is 4.39 Å². The fourth-order valence-electron chi connectivity index (χ4n) is 2.30. The normalized spacial score (nSPS) is 17.7. The van der Waals surface area contributed by atoms with Crippen molar-refractivity contribution in [1.29, 1.82) is 0 Å². The molecule has 0 spiro atoms. The maximum atomic E-state index is 13.5. The molecule has 1 unspecified atom stereocenters. The number of hydrogen-bond acceptors (Lipinski definition) is 3. The van der Waals surface area contributed by atoms with E-state index in [1.165, 1.54) is 6.07 Å². The van der Waals surface area contributed by atoms with Crippen molar-refractivity contribution in [3.8, 4) is 0 Å². The molecule has 1 aliphatic carbocycles. The van der Waals surface area contributed by atoms with E-state index in [4.69, 9.17) is 10.5 Å². The first-order chi connectivity index (χ1) is 8.68. The monoisotopic (exact) mass is 252 g/mol. The molecule has 0 aromatic heterocycles. The molecule has 5 heteroatoms. The second-order valence-electron chi connectivity index (χ2n) is 4.37. The molecule has 0 saturated heterocycles. The molecule has 1 aromatic carbocycles. The van der Waals surface area contributed by atoms with Gasteiger partial charge in [0.25, 0.3) is 0 Å². The van der Waals surface area contributed by atoms with Crippen molar-refractivity contribution < 1.29 is 13.9 Å². The van der Waals surface area contributed by atoms with Gasteiger partial charge in [-0.3, -0.25) is 4.79 Å². The topological polar surface area (TPSA) is 64.4 Å². The Morgan fingerprint density at radius 2 is 2.39 bits per heavy atom. The lowest BCUT2D eigenvalue weighted by Gasteiger charge is -2.13. The molecule has 4 nitrogen and oxygen atoms in total. The number of amides is 1. The second-order valence-corrected chi connectivity index (χ2v) is 4.37. The van der Waals surface area contributed by atoms with Gasteiger partial charge in [0.2, 0.25) is 5.91 Å². The SMILES string of the molecule is NC(=O)COCCNC1CCc2c(F)cccc21. The molecular weight excluding hydrogens is 235 g/mol. The van der Waals surface area contributed by atoms with E-state index < -0.39 is 5.91 Å². The second kappa shape index (κ2) is 5.93. The molecular formula is C13H17FN2O2. The largest absolute Gasteiger partial charge is 0.370 e. The van der Waals surface area contributed by atoms with E-state index >= 15 is 0 Å². The van der Waals surface area contributed by atoms with Gasteiger partial charge in [-0.2, -0.15) is 0 Å². The number of nitrogens with two attached hydrogens (primary N) is 1. The summed E-state index contributed by atoms with van der Waals surface area (Å²) in [5, 5.41) is 3.29. The first-order valence-corrected chi connectivity index (χ1v) is 6.05. The van der Waals surface area contributed by atoms with Gasteiger partial charge in [-0.25, -0.2) is 4.39 Å². The summed E-state index contributed by atoms with van der Waals surface area (Å²) in [6.45, 7) is 0.982. The van der Waals surface area contributed by atoms with Gasteiger partial charge in [0.1, 0.15) is 12.4 Å². The third kappa shape index (κ3) is 3.05. The van der Waals surface area contributed by atoms with Crippen LogP contribution in [0.1, 0.15) is 23.6 Å². The fourth-order valence-corrected chi connectivity index (χ4v) is 2.30. The predicted octanol–water partition coefficient (Wildman–Crippen LogP) is 0.904. The van der Waals surface area contributed by atoms with Crippen molar-refractivity contribution in [1.82, 2.24) is 5.32 Å². The molecule has 0 aliphatic heterocycles. The summed E-state index contributed by atoms with van der Waals surface area (Å²) in [6, 6.07) is 5.36. The highest BCUT2D eigenvalue weighted by Gasteiger charge is 2.23. The number of carbonyl (C=O) groups excluding carboxylic acids is 1. The molecule has 0 heterocycles. The minimum absolute atomic E-state index is 0.0580. The Bertz CT molecular complexity index is 437. The minimum atomic E-state index is -0.469. The smallest absolute Gasteiger partial charge is 0.243 e. The van der Waals surface area contributed by atoms with Gasteiger partial charge in [-0.1, -0.05) is 12.1 Å². The summed E-state index contributed by atoms with van der Waals surface area (Å²) in [6.07, 6.45) is 1.66. The third-order valence-corrected chi connectivity index (χ3v) is 3.09. The van der Waals surface area contributed by atoms with Crippen LogP contribution in [0, 0.1) is 5.82 Å². The average Bonchev–Trinajstić information content (AvgIpc) is 2.73. The van der Waals surface area contributed by atoms with Crippen molar-refractivity contribution in [2.24, 2.45) is 5.73 Å². The van der Waals surface area contributed by atoms with E-state index in [1.807, 2.05) is 6.07 Å². The Hall–Kier alpha value is -1.46. The van der Waals surface area contributed by atoms with E-state index in [1.54, 1.807) is 6.07 Å². The molecule has 1 amide bonds. The Labute approximate surface area is 105 Å². The fraction of sp³-hybridized carbons (Fsp3) is 0.462. The van der Waals surface area contributed by atoms with E-state index in [-0.39, 0.29) is 18.5 Å². The van der Waals surface area contributed by atoms with Crippen molar-refractivity contribution in [2.45, 2.75) is 18.9 Å². The summed E-state index contributed by atoms with van der Waals surface area (Å²) in [7, 11) is 0. The van der Waals surface area contributed by atoms with Crippen LogP contribution in [0.3, 0.4) is 0 Å². The van der Waals surface area contributed by atoms with Crippen LogP contribution in [0.15, 0.2) is 18.2 Å². The summed E-state index contributed by atoms with van der Waals surface area (Å²) in [5.41, 5.74) is 6.80.